The summed E-state index contributed by atoms with van der Waals surface area (Å²) >= 11 is 6.89. The Kier molecular flexibility index (Phi) is 4.82. The molecule has 2 N–H and O–H groups in total. The number of rotatable bonds is 5. The van der Waals surface area contributed by atoms with Gasteiger partial charge in [-0.3, -0.25) is 0 Å². The van der Waals surface area contributed by atoms with Crippen LogP contribution in [0.4, 0.5) is 5.13 Å². The van der Waals surface area contributed by atoms with Crippen LogP contribution in [0.1, 0.15) is 24.6 Å². The van der Waals surface area contributed by atoms with Crippen LogP contribution in [0.25, 0.3) is 0 Å². The van der Waals surface area contributed by atoms with Crippen molar-refractivity contribution in [1.29, 1.82) is 5.26 Å². The van der Waals surface area contributed by atoms with Crippen LogP contribution in [0, 0.1) is 11.3 Å². The predicted molar refractivity (Wildman–Crippen MR) is 61.2 cm³/mol. The molecule has 0 radical (unpaired) electrons. The van der Waals surface area contributed by atoms with Gasteiger partial charge in [0.05, 0.1) is 6.10 Å². The lowest BCUT2D eigenvalue weighted by Gasteiger charge is -2.08. The maximum absolute atomic E-state index is 9.46. The summed E-state index contributed by atoms with van der Waals surface area (Å²) in [6.07, 6.45) is 1.30. The lowest BCUT2D eigenvalue weighted by atomic mass is 10.2. The van der Waals surface area contributed by atoms with Gasteiger partial charge in [0.15, 0.2) is 10.3 Å². The normalized spacial score (nSPS) is 12.1. The number of thiazole rings is 1. The summed E-state index contributed by atoms with van der Waals surface area (Å²) in [7, 11) is 0. The fourth-order valence-electron chi connectivity index (χ4n) is 1.09. The van der Waals surface area contributed by atoms with Gasteiger partial charge >= 0.3 is 0 Å². The van der Waals surface area contributed by atoms with Gasteiger partial charge in [-0.15, -0.1) is 0 Å². The molecule has 0 fully saturated rings. The molecular formula is C9H12ClN3OS. The van der Waals surface area contributed by atoms with E-state index in [1.54, 1.807) is 0 Å². The van der Waals surface area contributed by atoms with Gasteiger partial charge in [0.1, 0.15) is 10.9 Å². The van der Waals surface area contributed by atoms with Crippen LogP contribution in [-0.4, -0.2) is 22.7 Å². The molecule has 1 heterocycles. The first-order chi connectivity index (χ1) is 7.17. The van der Waals surface area contributed by atoms with Crippen molar-refractivity contribution in [3.8, 4) is 6.07 Å². The third-order valence-electron chi connectivity index (χ3n) is 1.80. The Bertz CT molecular complexity index is 361. The second-order valence-electron chi connectivity index (χ2n) is 3.07. The number of hydrogen-bond donors (Lipinski definition) is 2. The quantitative estimate of drug-likeness (QED) is 0.835. The van der Waals surface area contributed by atoms with E-state index in [1.807, 2.05) is 13.0 Å². The Balaban J connectivity index is 2.48. The van der Waals surface area contributed by atoms with Crippen molar-refractivity contribution in [3.63, 3.8) is 0 Å². The van der Waals surface area contributed by atoms with E-state index in [0.29, 0.717) is 16.6 Å². The fraction of sp³-hybridized carbons (Fsp3) is 0.556. The number of aromatic nitrogens is 1. The topological polar surface area (TPSA) is 68.9 Å². The molecule has 0 aromatic carbocycles. The van der Waals surface area contributed by atoms with Crippen LogP contribution in [0.5, 0.6) is 0 Å². The van der Waals surface area contributed by atoms with E-state index >= 15 is 0 Å². The second kappa shape index (κ2) is 5.91. The molecule has 1 aromatic rings. The average Bonchev–Trinajstić information content (AvgIpc) is 2.56. The van der Waals surface area contributed by atoms with Crippen LogP contribution in [0.2, 0.25) is 5.15 Å². The molecule has 0 spiro atoms. The number of nitrogens with one attached hydrogen (secondary N) is 1. The van der Waals surface area contributed by atoms with E-state index in [4.69, 9.17) is 16.9 Å². The molecule has 82 valence electrons. The monoisotopic (exact) mass is 245 g/mol. The Morgan fingerprint density at radius 2 is 2.47 bits per heavy atom. The molecule has 6 heteroatoms. The van der Waals surface area contributed by atoms with Crippen LogP contribution >= 0.6 is 22.9 Å². The van der Waals surface area contributed by atoms with E-state index in [0.717, 1.165) is 12.8 Å². The molecule has 0 saturated carbocycles. The molecule has 1 rings (SSSR count). The molecule has 1 unspecified atom stereocenters. The summed E-state index contributed by atoms with van der Waals surface area (Å²) in [6, 6.07) is 1.95. The van der Waals surface area contributed by atoms with Crippen molar-refractivity contribution in [2.24, 2.45) is 0 Å². The van der Waals surface area contributed by atoms with Gasteiger partial charge in [-0.25, -0.2) is 4.98 Å². The largest absolute Gasteiger partial charge is 0.391 e. The van der Waals surface area contributed by atoms with Gasteiger partial charge in [0.2, 0.25) is 0 Å². The van der Waals surface area contributed by atoms with Gasteiger partial charge in [0.25, 0.3) is 0 Å². The maximum atomic E-state index is 9.46. The van der Waals surface area contributed by atoms with Crippen molar-refractivity contribution in [2.45, 2.75) is 25.9 Å². The number of nitriles is 1. The Labute approximate surface area is 97.5 Å². The van der Waals surface area contributed by atoms with Crippen LogP contribution < -0.4 is 5.32 Å². The summed E-state index contributed by atoms with van der Waals surface area (Å²) in [5, 5.41) is 21.9. The van der Waals surface area contributed by atoms with E-state index in [9.17, 15) is 5.11 Å². The molecule has 1 aromatic heterocycles. The van der Waals surface area contributed by atoms with Crippen LogP contribution in [0.3, 0.4) is 0 Å². The molecule has 1 atom stereocenters. The Hall–Kier alpha value is -0.830. The number of anilines is 1. The van der Waals surface area contributed by atoms with Gasteiger partial charge in [-0.1, -0.05) is 36.3 Å². The predicted octanol–water partition coefficient (Wildman–Crippen LogP) is 2.24. The fourth-order valence-corrected chi connectivity index (χ4v) is 2.04. The van der Waals surface area contributed by atoms with E-state index in [1.165, 1.54) is 11.3 Å². The smallest absolute Gasteiger partial charge is 0.185 e. The lowest BCUT2D eigenvalue weighted by molar-refractivity contribution is 0.176. The summed E-state index contributed by atoms with van der Waals surface area (Å²) in [5.74, 6) is 0. The highest BCUT2D eigenvalue weighted by atomic mass is 35.5. The molecule has 0 aliphatic carbocycles. The van der Waals surface area contributed by atoms with Gasteiger partial charge in [-0.05, 0) is 6.42 Å². The average molecular weight is 246 g/mol. The minimum absolute atomic E-state index is 0.218. The zero-order valence-electron chi connectivity index (χ0n) is 8.33. The summed E-state index contributed by atoms with van der Waals surface area (Å²) in [5.41, 5.74) is 0. The first-order valence-corrected chi connectivity index (χ1v) is 5.85. The molecule has 0 aliphatic rings. The zero-order chi connectivity index (χ0) is 11.3. The SMILES string of the molecule is CCCC(O)CNc1nc(Cl)c(C#N)s1. The first-order valence-electron chi connectivity index (χ1n) is 4.65. The number of hydrogen-bond acceptors (Lipinski definition) is 5. The molecule has 0 saturated heterocycles. The van der Waals surface area contributed by atoms with Crippen molar-refractivity contribution in [2.75, 3.05) is 11.9 Å². The summed E-state index contributed by atoms with van der Waals surface area (Å²) in [6.45, 7) is 2.44. The standard InChI is InChI=1S/C9H12ClN3OS/c1-2-3-6(14)5-12-9-13-8(10)7(4-11)15-9/h6,14H,2-3,5H2,1H3,(H,12,13). The Morgan fingerprint density at radius 3 is 3.00 bits per heavy atom. The van der Waals surface area contributed by atoms with Crippen molar-refractivity contribution >= 4 is 28.1 Å². The lowest BCUT2D eigenvalue weighted by Crippen LogP contribution is -2.18. The minimum Gasteiger partial charge on any atom is -0.391 e. The Morgan fingerprint density at radius 1 is 1.73 bits per heavy atom. The molecular weight excluding hydrogens is 234 g/mol. The van der Waals surface area contributed by atoms with Gasteiger partial charge in [-0.2, -0.15) is 5.26 Å². The third kappa shape index (κ3) is 3.67. The highest BCUT2D eigenvalue weighted by Gasteiger charge is 2.09. The highest BCUT2D eigenvalue weighted by Crippen LogP contribution is 2.25. The molecule has 0 amide bonds. The van der Waals surface area contributed by atoms with Crippen LogP contribution in [0.15, 0.2) is 0 Å². The zero-order valence-corrected chi connectivity index (χ0v) is 9.90. The second-order valence-corrected chi connectivity index (χ2v) is 4.43. The van der Waals surface area contributed by atoms with E-state index < -0.39 is 0 Å². The summed E-state index contributed by atoms with van der Waals surface area (Å²) in [4.78, 5) is 4.35. The van der Waals surface area contributed by atoms with E-state index in [-0.39, 0.29) is 11.3 Å². The van der Waals surface area contributed by atoms with Crippen LogP contribution in [-0.2, 0) is 0 Å². The molecule has 0 bridgehead atoms. The minimum atomic E-state index is -0.386. The van der Waals surface area contributed by atoms with Crippen molar-refractivity contribution in [1.82, 2.24) is 4.98 Å². The molecule has 0 aliphatic heterocycles. The number of nitrogens with zero attached hydrogens (tertiary/aromatic N) is 2. The molecule has 15 heavy (non-hydrogen) atoms. The third-order valence-corrected chi connectivity index (χ3v) is 3.10. The van der Waals surface area contributed by atoms with Crippen molar-refractivity contribution in [3.05, 3.63) is 10.0 Å². The highest BCUT2D eigenvalue weighted by molar-refractivity contribution is 7.16. The summed E-state index contributed by atoms with van der Waals surface area (Å²) < 4.78 is 0. The maximum Gasteiger partial charge on any atom is 0.185 e. The number of aliphatic hydroxyl groups excluding tert-OH is 1. The molecule has 4 nitrogen and oxygen atoms in total. The number of aliphatic hydroxyl groups is 1. The van der Waals surface area contributed by atoms with E-state index in [2.05, 4.69) is 10.3 Å². The van der Waals surface area contributed by atoms with Gasteiger partial charge in [0, 0.05) is 6.54 Å². The number of halogens is 1. The van der Waals surface area contributed by atoms with Gasteiger partial charge < -0.3 is 10.4 Å². The first kappa shape index (κ1) is 12.2. The van der Waals surface area contributed by atoms with Crippen molar-refractivity contribution < 1.29 is 5.11 Å².